The zero-order chi connectivity index (χ0) is 14.6. The number of nitriles is 1. The second-order valence-corrected chi connectivity index (χ2v) is 4.21. The molecule has 0 aliphatic heterocycles. The first-order chi connectivity index (χ1) is 8.92. The van der Waals surface area contributed by atoms with E-state index >= 15 is 0 Å². The second-order valence-electron chi connectivity index (χ2n) is 3.40. The van der Waals surface area contributed by atoms with E-state index in [1.165, 1.54) is 0 Å². The molecule has 8 heteroatoms. The fourth-order valence-electron chi connectivity index (χ4n) is 1.42. The van der Waals surface area contributed by atoms with Crippen molar-refractivity contribution in [2.24, 2.45) is 0 Å². The molecule has 19 heavy (non-hydrogen) atoms. The summed E-state index contributed by atoms with van der Waals surface area (Å²) in [5.74, 6) is -2.29. The number of ether oxygens (including phenoxy) is 1. The average molecular weight is 303 g/mol. The lowest BCUT2D eigenvalue weighted by molar-refractivity contribution is -0.385. The second kappa shape index (κ2) is 6.36. The zero-order valence-electron chi connectivity index (χ0n) is 9.72. The molecule has 0 aliphatic carbocycles. The molecular formula is C11H8Cl2N2O4. The minimum atomic E-state index is -1.42. The highest BCUT2D eigenvalue weighted by molar-refractivity contribution is 6.42. The number of carbonyl (C=O) groups is 1. The first-order valence-corrected chi connectivity index (χ1v) is 5.87. The van der Waals surface area contributed by atoms with E-state index in [1.54, 1.807) is 13.0 Å². The van der Waals surface area contributed by atoms with Crippen LogP contribution in [0.1, 0.15) is 18.4 Å². The third-order valence-electron chi connectivity index (χ3n) is 2.23. The highest BCUT2D eigenvalue weighted by atomic mass is 35.5. The van der Waals surface area contributed by atoms with Crippen LogP contribution >= 0.6 is 23.2 Å². The van der Waals surface area contributed by atoms with Gasteiger partial charge >= 0.3 is 5.97 Å². The van der Waals surface area contributed by atoms with Gasteiger partial charge in [-0.1, -0.05) is 23.2 Å². The van der Waals surface area contributed by atoms with E-state index in [9.17, 15) is 14.9 Å². The number of esters is 1. The first-order valence-electron chi connectivity index (χ1n) is 5.12. The Hall–Kier alpha value is -1.84. The molecule has 1 aromatic carbocycles. The van der Waals surface area contributed by atoms with Gasteiger partial charge in [-0.25, -0.2) is 0 Å². The van der Waals surface area contributed by atoms with Crippen molar-refractivity contribution in [3.63, 3.8) is 0 Å². The van der Waals surface area contributed by atoms with Gasteiger partial charge in [0.15, 0.2) is 5.92 Å². The van der Waals surface area contributed by atoms with Gasteiger partial charge in [-0.15, -0.1) is 0 Å². The molecule has 0 bridgehead atoms. The smallest absolute Gasteiger partial charge is 0.328 e. The molecule has 0 heterocycles. The van der Waals surface area contributed by atoms with Crippen molar-refractivity contribution in [2.75, 3.05) is 6.61 Å². The van der Waals surface area contributed by atoms with Crippen LogP contribution in [0.2, 0.25) is 10.0 Å². The zero-order valence-corrected chi connectivity index (χ0v) is 11.2. The number of benzene rings is 1. The van der Waals surface area contributed by atoms with Crippen molar-refractivity contribution in [3.05, 3.63) is 37.9 Å². The summed E-state index contributed by atoms with van der Waals surface area (Å²) >= 11 is 11.4. The number of nitrogens with zero attached hydrogens (tertiary/aromatic N) is 2. The van der Waals surface area contributed by atoms with Crippen molar-refractivity contribution >= 4 is 34.9 Å². The summed E-state index contributed by atoms with van der Waals surface area (Å²) in [7, 11) is 0. The third-order valence-corrected chi connectivity index (χ3v) is 2.95. The van der Waals surface area contributed by atoms with Crippen molar-refractivity contribution in [1.29, 1.82) is 5.26 Å². The van der Waals surface area contributed by atoms with Crippen LogP contribution in [0.3, 0.4) is 0 Å². The van der Waals surface area contributed by atoms with E-state index in [4.69, 9.17) is 33.2 Å². The van der Waals surface area contributed by atoms with Crippen molar-refractivity contribution in [3.8, 4) is 6.07 Å². The molecule has 1 atom stereocenters. The predicted molar refractivity (Wildman–Crippen MR) is 68.1 cm³/mol. The molecule has 0 radical (unpaired) electrons. The highest BCUT2D eigenvalue weighted by Gasteiger charge is 2.30. The minimum absolute atomic E-state index is 0.0202. The van der Waals surface area contributed by atoms with E-state index in [-0.39, 0.29) is 22.2 Å². The molecule has 1 aromatic rings. The van der Waals surface area contributed by atoms with Gasteiger partial charge in [0.1, 0.15) is 0 Å². The SMILES string of the molecule is CCOC(=O)C(C#N)c1cc(Cl)c(Cl)cc1[N+](=O)[O-]. The molecule has 0 amide bonds. The Kier molecular flexibility index (Phi) is 5.10. The van der Waals surface area contributed by atoms with E-state index in [1.807, 2.05) is 0 Å². The summed E-state index contributed by atoms with van der Waals surface area (Å²) in [6.45, 7) is 1.63. The monoisotopic (exact) mass is 302 g/mol. The van der Waals surface area contributed by atoms with Crippen LogP contribution in [0.15, 0.2) is 12.1 Å². The van der Waals surface area contributed by atoms with Crippen LogP contribution in [0, 0.1) is 21.4 Å². The van der Waals surface area contributed by atoms with Gasteiger partial charge in [-0.05, 0) is 13.0 Å². The largest absolute Gasteiger partial charge is 0.465 e. The van der Waals surface area contributed by atoms with Crippen LogP contribution < -0.4 is 0 Å². The molecule has 0 aromatic heterocycles. The van der Waals surface area contributed by atoms with Crippen LogP contribution in [-0.2, 0) is 9.53 Å². The Morgan fingerprint density at radius 2 is 2.11 bits per heavy atom. The van der Waals surface area contributed by atoms with E-state index < -0.39 is 22.5 Å². The Morgan fingerprint density at radius 3 is 2.58 bits per heavy atom. The van der Waals surface area contributed by atoms with E-state index in [0.29, 0.717) is 0 Å². The maximum atomic E-state index is 11.6. The topological polar surface area (TPSA) is 93.2 Å². The van der Waals surface area contributed by atoms with Gasteiger partial charge in [-0.2, -0.15) is 5.26 Å². The molecule has 0 saturated heterocycles. The third kappa shape index (κ3) is 3.34. The quantitative estimate of drug-likeness (QED) is 0.484. The van der Waals surface area contributed by atoms with Gasteiger partial charge in [-0.3, -0.25) is 14.9 Å². The lowest BCUT2D eigenvalue weighted by Crippen LogP contribution is -2.15. The number of hydrogen-bond acceptors (Lipinski definition) is 5. The summed E-state index contributed by atoms with van der Waals surface area (Å²) in [6.07, 6.45) is 0. The van der Waals surface area contributed by atoms with Gasteiger partial charge in [0, 0.05) is 6.07 Å². The molecule has 0 fully saturated rings. The van der Waals surface area contributed by atoms with Crippen LogP contribution in [0.25, 0.3) is 0 Å². The van der Waals surface area contributed by atoms with Crippen molar-refractivity contribution < 1.29 is 14.5 Å². The number of rotatable bonds is 4. The lowest BCUT2D eigenvalue weighted by Gasteiger charge is -2.10. The Bertz CT molecular complexity index is 569. The summed E-state index contributed by atoms with van der Waals surface area (Å²) in [6, 6.07) is 3.80. The summed E-state index contributed by atoms with van der Waals surface area (Å²) in [5.41, 5.74) is -0.589. The molecule has 1 rings (SSSR count). The van der Waals surface area contributed by atoms with Gasteiger partial charge in [0.05, 0.1) is 33.2 Å². The number of halogens is 2. The molecule has 0 aliphatic rings. The Morgan fingerprint density at radius 1 is 1.53 bits per heavy atom. The molecule has 6 nitrogen and oxygen atoms in total. The van der Waals surface area contributed by atoms with Crippen molar-refractivity contribution in [1.82, 2.24) is 0 Å². The highest BCUT2D eigenvalue weighted by Crippen LogP contribution is 2.35. The maximum absolute atomic E-state index is 11.6. The minimum Gasteiger partial charge on any atom is -0.465 e. The fourth-order valence-corrected chi connectivity index (χ4v) is 1.75. The predicted octanol–water partition coefficient (Wildman–Crippen LogP) is 3.07. The van der Waals surface area contributed by atoms with Gasteiger partial charge < -0.3 is 4.74 Å². The molecule has 0 spiro atoms. The number of nitro groups is 1. The molecule has 0 N–H and O–H groups in total. The number of hydrogen-bond donors (Lipinski definition) is 0. The summed E-state index contributed by atoms with van der Waals surface area (Å²) in [5, 5.41) is 19.9. The molecule has 0 saturated carbocycles. The van der Waals surface area contributed by atoms with Crippen molar-refractivity contribution in [2.45, 2.75) is 12.8 Å². The molecule has 1 unspecified atom stereocenters. The standard InChI is InChI=1S/C11H8Cl2N2O4/c1-2-19-11(16)7(5-14)6-3-8(12)9(13)4-10(6)15(17)18/h3-4,7H,2H2,1H3. The summed E-state index contributed by atoms with van der Waals surface area (Å²) < 4.78 is 4.69. The maximum Gasteiger partial charge on any atom is 0.328 e. The number of carbonyl (C=O) groups excluding carboxylic acids is 1. The molecule has 100 valence electrons. The first kappa shape index (κ1) is 15.2. The fraction of sp³-hybridized carbons (Fsp3) is 0.273. The average Bonchev–Trinajstić information content (AvgIpc) is 2.34. The van der Waals surface area contributed by atoms with Crippen LogP contribution in [-0.4, -0.2) is 17.5 Å². The van der Waals surface area contributed by atoms with Crippen LogP contribution in [0.4, 0.5) is 5.69 Å². The number of nitro benzene ring substituents is 1. The Balaban J connectivity index is 3.39. The van der Waals surface area contributed by atoms with Gasteiger partial charge in [0.2, 0.25) is 0 Å². The van der Waals surface area contributed by atoms with E-state index in [0.717, 1.165) is 12.1 Å². The summed E-state index contributed by atoms with van der Waals surface area (Å²) in [4.78, 5) is 21.8. The van der Waals surface area contributed by atoms with E-state index in [2.05, 4.69) is 0 Å². The van der Waals surface area contributed by atoms with Gasteiger partial charge in [0.25, 0.3) is 5.69 Å². The lowest BCUT2D eigenvalue weighted by atomic mass is 9.99. The molecular weight excluding hydrogens is 295 g/mol. The normalized spacial score (nSPS) is 11.5. The van der Waals surface area contributed by atoms with Crippen LogP contribution in [0.5, 0.6) is 0 Å². The Labute approximate surface area is 118 Å².